The minimum atomic E-state index is -0.905. The molecule has 0 radical (unpaired) electrons. The molecular weight excluding hydrogens is 256 g/mol. The van der Waals surface area contributed by atoms with Crippen LogP contribution in [0, 0.1) is 5.92 Å². The maximum Gasteiger partial charge on any atom is 0.305 e. The van der Waals surface area contributed by atoms with E-state index >= 15 is 0 Å². The van der Waals surface area contributed by atoms with E-state index in [2.05, 4.69) is 4.74 Å². The van der Waals surface area contributed by atoms with Gasteiger partial charge in [-0.3, -0.25) is 4.79 Å². The van der Waals surface area contributed by atoms with Crippen molar-refractivity contribution in [3.8, 4) is 0 Å². The third kappa shape index (κ3) is 10.8. The maximum absolute atomic E-state index is 10.9. The molecule has 0 aromatic rings. The number of aliphatic carboxylic acids is 1. The lowest BCUT2D eigenvalue weighted by atomic mass is 9.98. The highest BCUT2D eigenvalue weighted by atomic mass is 16.5. The quantitative estimate of drug-likeness (QED) is 0.385. The van der Waals surface area contributed by atoms with Crippen LogP contribution in [0.4, 0.5) is 0 Å². The number of hydrogen-bond acceptors (Lipinski definition) is 4. The van der Waals surface area contributed by atoms with Crippen LogP contribution in [0.1, 0.15) is 77.6 Å². The lowest BCUT2D eigenvalue weighted by Gasteiger charge is -2.15. The molecule has 1 atom stereocenters. The standard InChI is InChI=1S/C16H30O4/c1-3-14(16(18)19)12-10-8-6-4-5-7-9-11-13-15(17)20-2/h14H,3-13H2,1-2H3,(H,18,19)/p-1/t14-/m1/s1. The normalized spacial score (nSPS) is 12.1. The Bertz CT molecular complexity index is 263. The number of hydrogen-bond donors (Lipinski definition) is 0. The van der Waals surface area contributed by atoms with Gasteiger partial charge in [-0.2, -0.15) is 0 Å². The van der Waals surface area contributed by atoms with E-state index in [9.17, 15) is 14.7 Å². The summed E-state index contributed by atoms with van der Waals surface area (Å²) in [6.45, 7) is 1.90. The van der Waals surface area contributed by atoms with Gasteiger partial charge in [0.15, 0.2) is 0 Å². The maximum atomic E-state index is 10.9. The van der Waals surface area contributed by atoms with Crippen molar-refractivity contribution in [1.82, 2.24) is 0 Å². The van der Waals surface area contributed by atoms with Crippen molar-refractivity contribution < 1.29 is 19.4 Å². The van der Waals surface area contributed by atoms with E-state index in [1.807, 2.05) is 6.92 Å². The molecule has 0 saturated carbocycles. The predicted molar refractivity (Wildman–Crippen MR) is 77.0 cm³/mol. The fourth-order valence-electron chi connectivity index (χ4n) is 2.31. The molecule has 0 bridgehead atoms. The van der Waals surface area contributed by atoms with E-state index < -0.39 is 5.97 Å². The molecule has 20 heavy (non-hydrogen) atoms. The molecule has 0 N–H and O–H groups in total. The molecular formula is C16H29O4-. The van der Waals surface area contributed by atoms with Crippen molar-refractivity contribution in [2.24, 2.45) is 5.92 Å². The number of carboxylic acids is 1. The molecule has 0 amide bonds. The van der Waals surface area contributed by atoms with Gasteiger partial charge in [-0.05, 0) is 25.2 Å². The second kappa shape index (κ2) is 12.9. The van der Waals surface area contributed by atoms with Gasteiger partial charge in [-0.25, -0.2) is 0 Å². The number of rotatable bonds is 13. The molecule has 4 heteroatoms. The molecule has 0 spiro atoms. The average Bonchev–Trinajstić information content (AvgIpc) is 2.44. The van der Waals surface area contributed by atoms with Crippen molar-refractivity contribution in [2.75, 3.05) is 7.11 Å². The largest absolute Gasteiger partial charge is 0.550 e. The van der Waals surface area contributed by atoms with E-state index in [1.165, 1.54) is 26.4 Å². The van der Waals surface area contributed by atoms with Crippen LogP contribution in [0.3, 0.4) is 0 Å². The van der Waals surface area contributed by atoms with E-state index in [0.29, 0.717) is 12.8 Å². The molecule has 0 aromatic carbocycles. The fourth-order valence-corrected chi connectivity index (χ4v) is 2.31. The zero-order valence-corrected chi connectivity index (χ0v) is 13.0. The van der Waals surface area contributed by atoms with Crippen LogP contribution in [-0.2, 0) is 14.3 Å². The van der Waals surface area contributed by atoms with E-state index in [-0.39, 0.29) is 11.9 Å². The van der Waals surface area contributed by atoms with Gasteiger partial charge in [0.1, 0.15) is 0 Å². The minimum absolute atomic E-state index is 0.122. The van der Waals surface area contributed by atoms with Gasteiger partial charge in [0.05, 0.1) is 7.11 Å². The molecule has 0 aliphatic heterocycles. The van der Waals surface area contributed by atoms with Gasteiger partial charge in [-0.15, -0.1) is 0 Å². The van der Waals surface area contributed by atoms with Crippen LogP contribution in [-0.4, -0.2) is 19.0 Å². The van der Waals surface area contributed by atoms with Crippen LogP contribution < -0.4 is 5.11 Å². The first-order valence-electron chi connectivity index (χ1n) is 7.89. The van der Waals surface area contributed by atoms with Crippen molar-refractivity contribution >= 4 is 11.9 Å². The Balaban J connectivity index is 3.24. The molecule has 0 heterocycles. The first kappa shape index (κ1) is 18.9. The SMILES string of the molecule is CC[C@H](CCCCCCCCCCC(=O)OC)C(=O)[O-]. The number of esters is 1. The summed E-state index contributed by atoms with van der Waals surface area (Å²) in [5.74, 6) is -1.30. The highest BCUT2D eigenvalue weighted by Gasteiger charge is 2.06. The number of methoxy groups -OCH3 is 1. The first-order chi connectivity index (χ1) is 9.61. The van der Waals surface area contributed by atoms with E-state index in [4.69, 9.17) is 0 Å². The Labute approximate surface area is 122 Å². The summed E-state index contributed by atoms with van der Waals surface area (Å²) in [4.78, 5) is 21.6. The second-order valence-electron chi connectivity index (χ2n) is 5.37. The molecule has 0 saturated heterocycles. The molecule has 0 aliphatic rings. The van der Waals surface area contributed by atoms with Crippen LogP contribution in [0.2, 0.25) is 0 Å². The third-order valence-corrected chi connectivity index (χ3v) is 3.74. The summed E-state index contributed by atoms with van der Waals surface area (Å²) < 4.78 is 4.58. The Morgan fingerprint density at radius 2 is 1.45 bits per heavy atom. The summed E-state index contributed by atoms with van der Waals surface area (Å²) in [6.07, 6.45) is 10.7. The lowest BCUT2D eigenvalue weighted by Crippen LogP contribution is -2.30. The number of carbonyl (C=O) groups excluding carboxylic acids is 2. The van der Waals surface area contributed by atoms with Crippen LogP contribution >= 0.6 is 0 Å². The molecule has 4 nitrogen and oxygen atoms in total. The zero-order valence-electron chi connectivity index (χ0n) is 13.0. The fraction of sp³-hybridized carbons (Fsp3) is 0.875. The van der Waals surface area contributed by atoms with Gasteiger partial charge in [-0.1, -0.05) is 51.9 Å². The van der Waals surface area contributed by atoms with Crippen molar-refractivity contribution in [1.29, 1.82) is 0 Å². The Kier molecular flexibility index (Phi) is 12.3. The van der Waals surface area contributed by atoms with Gasteiger partial charge in [0, 0.05) is 12.4 Å². The second-order valence-corrected chi connectivity index (χ2v) is 5.37. The van der Waals surface area contributed by atoms with E-state index in [0.717, 1.165) is 38.5 Å². The summed E-state index contributed by atoms with van der Waals surface area (Å²) >= 11 is 0. The van der Waals surface area contributed by atoms with Crippen molar-refractivity contribution in [3.05, 3.63) is 0 Å². The molecule has 0 aliphatic carbocycles. The highest BCUT2D eigenvalue weighted by molar-refractivity contribution is 5.69. The van der Waals surface area contributed by atoms with Crippen LogP contribution in [0.15, 0.2) is 0 Å². The van der Waals surface area contributed by atoms with Gasteiger partial charge in [0.2, 0.25) is 0 Å². The molecule has 0 rings (SSSR count). The topological polar surface area (TPSA) is 66.4 Å². The number of unbranched alkanes of at least 4 members (excludes halogenated alkanes) is 7. The average molecular weight is 285 g/mol. The Morgan fingerprint density at radius 1 is 0.950 bits per heavy atom. The third-order valence-electron chi connectivity index (χ3n) is 3.74. The van der Waals surface area contributed by atoms with Crippen LogP contribution in [0.5, 0.6) is 0 Å². The molecule has 0 aromatic heterocycles. The van der Waals surface area contributed by atoms with Gasteiger partial charge in [0.25, 0.3) is 0 Å². The summed E-state index contributed by atoms with van der Waals surface area (Å²) in [7, 11) is 1.42. The summed E-state index contributed by atoms with van der Waals surface area (Å²) in [5, 5.41) is 10.7. The van der Waals surface area contributed by atoms with Crippen LogP contribution in [0.25, 0.3) is 0 Å². The monoisotopic (exact) mass is 285 g/mol. The summed E-state index contributed by atoms with van der Waals surface area (Å²) in [6, 6.07) is 0. The number of ether oxygens (including phenoxy) is 1. The Hall–Kier alpha value is -1.06. The molecule has 118 valence electrons. The predicted octanol–water partition coefficient (Wildman–Crippen LogP) is 2.84. The lowest BCUT2D eigenvalue weighted by molar-refractivity contribution is -0.311. The number of carbonyl (C=O) groups is 2. The number of carboxylic acid groups (broad SMARTS) is 1. The van der Waals surface area contributed by atoms with E-state index in [1.54, 1.807) is 0 Å². The Morgan fingerprint density at radius 3 is 1.90 bits per heavy atom. The molecule has 0 unspecified atom stereocenters. The smallest absolute Gasteiger partial charge is 0.305 e. The van der Waals surface area contributed by atoms with Gasteiger partial charge < -0.3 is 14.6 Å². The highest BCUT2D eigenvalue weighted by Crippen LogP contribution is 2.15. The zero-order chi connectivity index (χ0) is 15.2. The molecule has 0 fully saturated rings. The van der Waals surface area contributed by atoms with Crippen molar-refractivity contribution in [3.63, 3.8) is 0 Å². The summed E-state index contributed by atoms with van der Waals surface area (Å²) in [5.41, 5.74) is 0. The van der Waals surface area contributed by atoms with Crippen molar-refractivity contribution in [2.45, 2.75) is 77.6 Å². The first-order valence-corrected chi connectivity index (χ1v) is 7.89. The minimum Gasteiger partial charge on any atom is -0.550 e. The van der Waals surface area contributed by atoms with Gasteiger partial charge >= 0.3 is 5.97 Å².